The van der Waals surface area contributed by atoms with E-state index >= 15 is 0 Å². The van der Waals surface area contributed by atoms with E-state index in [-0.39, 0.29) is 6.04 Å². The first-order chi connectivity index (χ1) is 8.29. The minimum Gasteiger partial charge on any atom is -0.298 e. The smallest absolute Gasteiger partial charge is 0.0767 e. The number of hydrogen-bond donors (Lipinski definition) is 1. The highest BCUT2D eigenvalue weighted by atomic mass is 15.3. The molecule has 1 atom stereocenters. The highest BCUT2D eigenvalue weighted by Gasteiger charge is 2.02. The van der Waals surface area contributed by atoms with Crippen LogP contribution in [0.4, 0.5) is 0 Å². The van der Waals surface area contributed by atoms with Gasteiger partial charge in [0.05, 0.1) is 17.4 Å². The van der Waals surface area contributed by atoms with Crippen molar-refractivity contribution in [2.24, 2.45) is 0 Å². The number of rotatable bonds is 4. The van der Waals surface area contributed by atoms with E-state index < -0.39 is 0 Å². The van der Waals surface area contributed by atoms with Gasteiger partial charge in [0.15, 0.2) is 0 Å². The Balaban J connectivity index is 2.05. The zero-order valence-corrected chi connectivity index (χ0v) is 9.80. The Morgan fingerprint density at radius 1 is 1.35 bits per heavy atom. The van der Waals surface area contributed by atoms with Crippen molar-refractivity contribution in [2.75, 3.05) is 0 Å². The van der Waals surface area contributed by atoms with Gasteiger partial charge in [0.1, 0.15) is 0 Å². The maximum absolute atomic E-state index is 5.29. The van der Waals surface area contributed by atoms with E-state index in [1.165, 1.54) is 0 Å². The second-order valence-corrected chi connectivity index (χ2v) is 3.86. The normalized spacial score (nSPS) is 12.0. The van der Waals surface area contributed by atoms with Crippen LogP contribution in [0, 0.1) is 12.3 Å². The van der Waals surface area contributed by atoms with Gasteiger partial charge in [-0.2, -0.15) is 5.10 Å². The maximum atomic E-state index is 5.29. The van der Waals surface area contributed by atoms with Gasteiger partial charge in [0, 0.05) is 12.7 Å². The second kappa shape index (κ2) is 5.33. The van der Waals surface area contributed by atoms with Crippen LogP contribution < -0.4 is 5.32 Å². The minimum atomic E-state index is 0.0666. The Morgan fingerprint density at radius 2 is 2.12 bits per heavy atom. The third-order valence-electron chi connectivity index (χ3n) is 2.50. The number of nitrogens with zero attached hydrogens (tertiary/aromatic N) is 2. The summed E-state index contributed by atoms with van der Waals surface area (Å²) in [5.41, 5.74) is 2.04. The lowest BCUT2D eigenvalue weighted by molar-refractivity contribution is 0.631. The molecule has 0 spiro atoms. The number of nitrogens with one attached hydrogen (secondary N) is 1. The first kappa shape index (κ1) is 11.4. The predicted molar refractivity (Wildman–Crippen MR) is 68.7 cm³/mol. The summed E-state index contributed by atoms with van der Waals surface area (Å²) in [5.74, 6) is 2.63. The minimum absolute atomic E-state index is 0.0666. The van der Waals surface area contributed by atoms with Crippen LogP contribution in [0.3, 0.4) is 0 Å². The van der Waals surface area contributed by atoms with E-state index in [2.05, 4.69) is 16.3 Å². The number of benzene rings is 1. The van der Waals surface area contributed by atoms with Gasteiger partial charge in [-0.3, -0.25) is 5.32 Å². The molecule has 1 N–H and O–H groups in total. The van der Waals surface area contributed by atoms with Gasteiger partial charge in [-0.25, -0.2) is 4.68 Å². The highest BCUT2D eigenvalue weighted by molar-refractivity contribution is 5.30. The van der Waals surface area contributed by atoms with E-state index in [0.717, 1.165) is 11.4 Å². The van der Waals surface area contributed by atoms with Gasteiger partial charge >= 0.3 is 0 Å². The van der Waals surface area contributed by atoms with Gasteiger partial charge in [-0.15, -0.1) is 6.42 Å². The number of para-hydroxylation sites is 1. The van der Waals surface area contributed by atoms with Crippen LogP contribution in [-0.4, -0.2) is 15.8 Å². The van der Waals surface area contributed by atoms with E-state index in [1.807, 2.05) is 54.2 Å². The van der Waals surface area contributed by atoms with E-state index in [4.69, 9.17) is 6.42 Å². The molecule has 0 bridgehead atoms. The molecule has 86 valence electrons. The fourth-order valence-corrected chi connectivity index (χ4v) is 1.50. The maximum Gasteiger partial charge on any atom is 0.0767 e. The van der Waals surface area contributed by atoms with Crippen molar-refractivity contribution in [1.82, 2.24) is 15.1 Å². The lowest BCUT2D eigenvalue weighted by Gasteiger charge is -2.04. The lowest BCUT2D eigenvalue weighted by atomic mass is 10.3. The van der Waals surface area contributed by atoms with Crippen molar-refractivity contribution < 1.29 is 0 Å². The van der Waals surface area contributed by atoms with Crippen LogP contribution in [0.15, 0.2) is 42.6 Å². The summed E-state index contributed by atoms with van der Waals surface area (Å²) in [6.45, 7) is 2.64. The average Bonchev–Trinajstić information content (AvgIpc) is 2.86. The van der Waals surface area contributed by atoms with Gasteiger partial charge < -0.3 is 0 Å². The van der Waals surface area contributed by atoms with Crippen molar-refractivity contribution in [3.8, 4) is 18.0 Å². The molecule has 2 aromatic rings. The Bertz CT molecular complexity index is 508. The molecular formula is C14H15N3. The molecule has 0 radical (unpaired) electrons. The van der Waals surface area contributed by atoms with Crippen molar-refractivity contribution in [2.45, 2.75) is 19.5 Å². The van der Waals surface area contributed by atoms with E-state index in [0.29, 0.717) is 6.54 Å². The molecule has 1 unspecified atom stereocenters. The molecule has 0 fully saturated rings. The molecule has 1 aromatic heterocycles. The summed E-state index contributed by atoms with van der Waals surface area (Å²) < 4.78 is 1.86. The molecule has 0 aliphatic rings. The molecule has 0 aliphatic heterocycles. The Kier molecular flexibility index (Phi) is 3.59. The van der Waals surface area contributed by atoms with Crippen LogP contribution in [-0.2, 0) is 6.54 Å². The number of aromatic nitrogens is 2. The molecule has 3 heteroatoms. The fourth-order valence-electron chi connectivity index (χ4n) is 1.50. The monoisotopic (exact) mass is 225 g/mol. The molecular weight excluding hydrogens is 210 g/mol. The molecule has 17 heavy (non-hydrogen) atoms. The van der Waals surface area contributed by atoms with Crippen LogP contribution >= 0.6 is 0 Å². The zero-order valence-electron chi connectivity index (χ0n) is 9.80. The van der Waals surface area contributed by atoms with Crippen molar-refractivity contribution >= 4 is 0 Å². The quantitative estimate of drug-likeness (QED) is 0.806. The number of hydrogen-bond acceptors (Lipinski definition) is 2. The topological polar surface area (TPSA) is 29.9 Å². The number of terminal acetylenes is 1. The molecule has 0 aliphatic carbocycles. The summed E-state index contributed by atoms with van der Waals surface area (Å²) in [4.78, 5) is 0. The molecule has 0 saturated carbocycles. The SMILES string of the molecule is C#CC(C)NCc1ccn(-c2ccccc2)n1. The van der Waals surface area contributed by atoms with Gasteiger partial charge in [0.25, 0.3) is 0 Å². The Morgan fingerprint density at radius 3 is 2.82 bits per heavy atom. The Hall–Kier alpha value is -2.05. The van der Waals surface area contributed by atoms with Crippen LogP contribution in [0.25, 0.3) is 5.69 Å². The van der Waals surface area contributed by atoms with E-state index in [1.54, 1.807) is 0 Å². The van der Waals surface area contributed by atoms with Crippen LogP contribution in [0.2, 0.25) is 0 Å². The van der Waals surface area contributed by atoms with Gasteiger partial charge in [-0.1, -0.05) is 24.1 Å². The largest absolute Gasteiger partial charge is 0.298 e. The highest BCUT2D eigenvalue weighted by Crippen LogP contribution is 2.06. The Labute approximate surface area is 101 Å². The molecule has 3 nitrogen and oxygen atoms in total. The molecule has 0 saturated heterocycles. The third kappa shape index (κ3) is 2.96. The van der Waals surface area contributed by atoms with Crippen LogP contribution in [0.1, 0.15) is 12.6 Å². The fraction of sp³-hybridized carbons (Fsp3) is 0.214. The van der Waals surface area contributed by atoms with Gasteiger partial charge in [0.2, 0.25) is 0 Å². The summed E-state index contributed by atoms with van der Waals surface area (Å²) in [6, 6.07) is 12.1. The van der Waals surface area contributed by atoms with Crippen molar-refractivity contribution in [3.63, 3.8) is 0 Å². The lowest BCUT2D eigenvalue weighted by Crippen LogP contribution is -2.23. The van der Waals surface area contributed by atoms with Crippen LogP contribution in [0.5, 0.6) is 0 Å². The summed E-state index contributed by atoms with van der Waals surface area (Å²) >= 11 is 0. The zero-order chi connectivity index (χ0) is 12.1. The first-order valence-electron chi connectivity index (χ1n) is 5.59. The van der Waals surface area contributed by atoms with Crippen molar-refractivity contribution in [1.29, 1.82) is 0 Å². The molecule has 1 aromatic carbocycles. The average molecular weight is 225 g/mol. The van der Waals surface area contributed by atoms with Crippen molar-refractivity contribution in [3.05, 3.63) is 48.3 Å². The van der Waals surface area contributed by atoms with E-state index in [9.17, 15) is 0 Å². The molecule has 1 heterocycles. The standard InChI is InChI=1S/C14H15N3/c1-3-12(2)15-11-13-9-10-17(16-13)14-7-5-4-6-8-14/h1,4-10,12,15H,11H2,2H3. The summed E-state index contributed by atoms with van der Waals surface area (Å²) in [6.07, 6.45) is 7.25. The molecule has 2 rings (SSSR count). The molecule has 0 amide bonds. The summed E-state index contributed by atoms with van der Waals surface area (Å²) in [5, 5.41) is 7.67. The predicted octanol–water partition coefficient (Wildman–Crippen LogP) is 1.98. The van der Waals surface area contributed by atoms with Gasteiger partial charge in [-0.05, 0) is 25.1 Å². The third-order valence-corrected chi connectivity index (χ3v) is 2.50. The second-order valence-electron chi connectivity index (χ2n) is 3.86. The first-order valence-corrected chi connectivity index (χ1v) is 5.59. The summed E-state index contributed by atoms with van der Waals surface area (Å²) in [7, 11) is 0.